The molecule has 0 amide bonds. The van der Waals surface area contributed by atoms with E-state index in [2.05, 4.69) is 32.1 Å². The van der Waals surface area contributed by atoms with Crippen LogP contribution in [0.25, 0.3) is 0 Å². The van der Waals surface area contributed by atoms with Crippen molar-refractivity contribution >= 4 is 5.95 Å². The van der Waals surface area contributed by atoms with Gasteiger partial charge in [0, 0.05) is 12.6 Å². The van der Waals surface area contributed by atoms with Gasteiger partial charge in [-0.1, -0.05) is 0 Å². The highest BCUT2D eigenvalue weighted by Crippen LogP contribution is 2.14. The Morgan fingerprint density at radius 2 is 1.68 bits per heavy atom. The van der Waals surface area contributed by atoms with Crippen LogP contribution in [-0.4, -0.2) is 59.7 Å². The van der Waals surface area contributed by atoms with Crippen LogP contribution in [0.5, 0.6) is 12.0 Å². The molecule has 0 bridgehead atoms. The molecule has 1 saturated heterocycles. The molecular formula is C12H21N5O2. The quantitative estimate of drug-likeness (QED) is 0.816. The molecule has 7 nitrogen and oxygen atoms in total. The molecule has 2 heterocycles. The van der Waals surface area contributed by atoms with Gasteiger partial charge in [-0.05, 0) is 32.9 Å². The van der Waals surface area contributed by atoms with Crippen molar-refractivity contribution < 1.29 is 9.47 Å². The molecule has 0 spiro atoms. The number of aromatic nitrogens is 3. The Labute approximate surface area is 113 Å². The fourth-order valence-electron chi connectivity index (χ4n) is 2.20. The molecule has 1 N–H and O–H groups in total. The van der Waals surface area contributed by atoms with Gasteiger partial charge in [-0.2, -0.15) is 9.97 Å². The number of hydrogen-bond donors (Lipinski definition) is 1. The lowest BCUT2D eigenvalue weighted by atomic mass is 10.3. The first-order valence-corrected chi connectivity index (χ1v) is 6.54. The molecule has 1 atom stereocenters. The van der Waals surface area contributed by atoms with Gasteiger partial charge < -0.3 is 19.7 Å². The third-order valence-electron chi connectivity index (χ3n) is 3.07. The fraction of sp³-hybridized carbons (Fsp3) is 0.750. The summed E-state index contributed by atoms with van der Waals surface area (Å²) >= 11 is 0. The van der Waals surface area contributed by atoms with Gasteiger partial charge >= 0.3 is 12.0 Å². The Bertz CT molecular complexity index is 387. The maximum atomic E-state index is 5.02. The lowest BCUT2D eigenvalue weighted by molar-refractivity contribution is 0.325. The van der Waals surface area contributed by atoms with E-state index in [-0.39, 0.29) is 18.1 Å². The molecule has 1 unspecified atom stereocenters. The first-order valence-electron chi connectivity index (χ1n) is 6.54. The molecule has 7 heteroatoms. The summed E-state index contributed by atoms with van der Waals surface area (Å²) in [5.41, 5.74) is 0. The van der Waals surface area contributed by atoms with Crippen LogP contribution < -0.4 is 14.8 Å². The van der Waals surface area contributed by atoms with E-state index in [1.54, 1.807) is 0 Å². The number of nitrogens with zero attached hydrogens (tertiary/aromatic N) is 4. The Morgan fingerprint density at radius 3 is 2.21 bits per heavy atom. The number of likely N-dealkylation sites (tertiary alicyclic amines) is 1. The van der Waals surface area contributed by atoms with Crippen molar-refractivity contribution in [1.82, 2.24) is 19.9 Å². The van der Waals surface area contributed by atoms with Crippen molar-refractivity contribution in [2.24, 2.45) is 0 Å². The number of rotatable bonds is 6. The minimum Gasteiger partial charge on any atom is -0.467 e. The average Bonchev–Trinajstić information content (AvgIpc) is 2.90. The van der Waals surface area contributed by atoms with Crippen LogP contribution in [0.4, 0.5) is 5.95 Å². The number of nitrogens with one attached hydrogen (secondary N) is 1. The van der Waals surface area contributed by atoms with E-state index >= 15 is 0 Å². The monoisotopic (exact) mass is 267 g/mol. The summed E-state index contributed by atoms with van der Waals surface area (Å²) < 4.78 is 10.0. The van der Waals surface area contributed by atoms with Crippen LogP contribution in [0.3, 0.4) is 0 Å². The topological polar surface area (TPSA) is 72.4 Å². The second-order valence-corrected chi connectivity index (χ2v) is 4.69. The molecular weight excluding hydrogens is 246 g/mol. The van der Waals surface area contributed by atoms with Gasteiger partial charge in [0.15, 0.2) is 0 Å². The summed E-state index contributed by atoms with van der Waals surface area (Å²) in [7, 11) is 3.04. The number of hydrogen-bond acceptors (Lipinski definition) is 7. The molecule has 0 aromatic carbocycles. The van der Waals surface area contributed by atoms with E-state index in [9.17, 15) is 0 Å². The zero-order chi connectivity index (χ0) is 13.7. The molecule has 1 aromatic heterocycles. The average molecular weight is 267 g/mol. The van der Waals surface area contributed by atoms with Crippen LogP contribution in [0.15, 0.2) is 0 Å². The molecule has 0 saturated carbocycles. The molecule has 1 aromatic rings. The van der Waals surface area contributed by atoms with E-state index in [4.69, 9.17) is 9.47 Å². The highest BCUT2D eigenvalue weighted by atomic mass is 16.5. The van der Waals surface area contributed by atoms with Gasteiger partial charge in [0.1, 0.15) is 0 Å². The standard InChI is InChI=1S/C12H21N5O2/c1-9(8-17-6-4-5-7-17)13-10-14-11(18-2)16-12(15-10)19-3/h9H,4-8H2,1-3H3,(H,13,14,15,16). The Morgan fingerprint density at radius 1 is 1.11 bits per heavy atom. The lowest BCUT2D eigenvalue weighted by Crippen LogP contribution is -2.33. The van der Waals surface area contributed by atoms with Crippen molar-refractivity contribution in [3.8, 4) is 12.0 Å². The maximum absolute atomic E-state index is 5.02. The second-order valence-electron chi connectivity index (χ2n) is 4.69. The zero-order valence-electron chi connectivity index (χ0n) is 11.7. The molecule has 1 aliphatic rings. The van der Waals surface area contributed by atoms with Gasteiger partial charge in [0.2, 0.25) is 5.95 Å². The zero-order valence-corrected chi connectivity index (χ0v) is 11.7. The van der Waals surface area contributed by atoms with Crippen molar-refractivity contribution in [1.29, 1.82) is 0 Å². The van der Waals surface area contributed by atoms with Crippen LogP contribution in [0.2, 0.25) is 0 Å². The number of anilines is 1. The second kappa shape index (κ2) is 6.51. The molecule has 0 radical (unpaired) electrons. The van der Waals surface area contributed by atoms with Crippen molar-refractivity contribution in [3.63, 3.8) is 0 Å². The normalized spacial score (nSPS) is 17.2. The maximum Gasteiger partial charge on any atom is 0.324 e. The largest absolute Gasteiger partial charge is 0.467 e. The minimum absolute atomic E-state index is 0.253. The lowest BCUT2D eigenvalue weighted by Gasteiger charge is -2.21. The van der Waals surface area contributed by atoms with E-state index in [1.807, 2.05) is 0 Å². The van der Waals surface area contributed by atoms with E-state index in [0.717, 1.165) is 6.54 Å². The first kappa shape index (κ1) is 13.8. The fourth-order valence-corrected chi connectivity index (χ4v) is 2.20. The van der Waals surface area contributed by atoms with E-state index in [1.165, 1.54) is 40.2 Å². The molecule has 2 rings (SSSR count). The van der Waals surface area contributed by atoms with Crippen LogP contribution in [0.1, 0.15) is 19.8 Å². The van der Waals surface area contributed by atoms with Gasteiger partial charge in [-0.3, -0.25) is 0 Å². The summed E-state index contributed by atoms with van der Waals surface area (Å²) in [5.74, 6) is 0.482. The third kappa shape index (κ3) is 3.92. The van der Waals surface area contributed by atoms with Crippen LogP contribution in [-0.2, 0) is 0 Å². The van der Waals surface area contributed by atoms with Gasteiger partial charge in [0.05, 0.1) is 14.2 Å². The predicted octanol–water partition coefficient (Wildman–Crippen LogP) is 0.785. The van der Waals surface area contributed by atoms with E-state index in [0.29, 0.717) is 5.95 Å². The molecule has 1 aliphatic heterocycles. The SMILES string of the molecule is COc1nc(NC(C)CN2CCCC2)nc(OC)n1. The van der Waals surface area contributed by atoms with Gasteiger partial charge in [-0.15, -0.1) is 4.98 Å². The molecule has 19 heavy (non-hydrogen) atoms. The highest BCUT2D eigenvalue weighted by Gasteiger charge is 2.16. The first-order chi connectivity index (χ1) is 9.21. The Kier molecular flexibility index (Phi) is 4.73. The van der Waals surface area contributed by atoms with Crippen LogP contribution in [0, 0.1) is 0 Å². The summed E-state index contributed by atoms with van der Waals surface area (Å²) in [4.78, 5) is 14.7. The van der Waals surface area contributed by atoms with Crippen molar-refractivity contribution in [2.45, 2.75) is 25.8 Å². The highest BCUT2D eigenvalue weighted by molar-refractivity contribution is 5.28. The smallest absolute Gasteiger partial charge is 0.324 e. The van der Waals surface area contributed by atoms with Crippen LogP contribution >= 0.6 is 0 Å². The van der Waals surface area contributed by atoms with Gasteiger partial charge in [-0.25, -0.2) is 0 Å². The molecule has 0 aliphatic carbocycles. The number of methoxy groups -OCH3 is 2. The summed E-state index contributed by atoms with van der Waals surface area (Å²) in [5, 5.41) is 3.25. The third-order valence-corrected chi connectivity index (χ3v) is 3.07. The van der Waals surface area contributed by atoms with Gasteiger partial charge in [0.25, 0.3) is 0 Å². The van der Waals surface area contributed by atoms with E-state index < -0.39 is 0 Å². The minimum atomic E-state index is 0.253. The summed E-state index contributed by atoms with van der Waals surface area (Å²) in [6.07, 6.45) is 2.58. The Hall–Kier alpha value is -1.63. The Balaban J connectivity index is 1.96. The number of ether oxygens (including phenoxy) is 2. The van der Waals surface area contributed by atoms with Crippen molar-refractivity contribution in [2.75, 3.05) is 39.2 Å². The predicted molar refractivity (Wildman–Crippen MR) is 71.7 cm³/mol. The summed E-state index contributed by atoms with van der Waals surface area (Å²) in [6, 6.07) is 0.764. The molecule has 1 fully saturated rings. The molecule has 106 valence electrons. The summed E-state index contributed by atoms with van der Waals surface area (Å²) in [6.45, 7) is 5.45. The van der Waals surface area contributed by atoms with Crippen molar-refractivity contribution in [3.05, 3.63) is 0 Å².